The molecule has 0 bridgehead atoms. The van der Waals surface area contributed by atoms with E-state index in [1.807, 2.05) is 0 Å². The summed E-state index contributed by atoms with van der Waals surface area (Å²) in [5.41, 5.74) is 1.34. The van der Waals surface area contributed by atoms with Crippen molar-refractivity contribution < 1.29 is 19.2 Å². The van der Waals surface area contributed by atoms with E-state index < -0.39 is 29.7 Å². The largest absolute Gasteiger partial charge is 0.356 e. The van der Waals surface area contributed by atoms with Gasteiger partial charge in [-0.3, -0.25) is 29.4 Å². The summed E-state index contributed by atoms with van der Waals surface area (Å²) in [7, 11) is 0. The predicted molar refractivity (Wildman–Crippen MR) is 106 cm³/mol. The lowest BCUT2D eigenvalue weighted by atomic mass is 10.0. The van der Waals surface area contributed by atoms with Gasteiger partial charge in [-0.15, -0.1) is 0 Å². The molecule has 4 amide bonds. The zero-order chi connectivity index (χ0) is 20.8. The minimum absolute atomic E-state index is 0.0970. The Hall–Kier alpha value is -3.18. The highest BCUT2D eigenvalue weighted by molar-refractivity contribution is 7.09. The number of nitrogens with one attached hydrogen (secondary N) is 3. The summed E-state index contributed by atoms with van der Waals surface area (Å²) in [4.78, 5) is 54.6. The van der Waals surface area contributed by atoms with Crippen molar-refractivity contribution in [3.05, 3.63) is 40.7 Å². The second kappa shape index (κ2) is 7.26. The number of carbonyl (C=O) groups is 4. The molecule has 11 heteroatoms. The topological polar surface area (TPSA) is 133 Å². The molecular weight excluding hydrogens is 408 g/mol. The van der Waals surface area contributed by atoms with Crippen molar-refractivity contribution in [2.24, 2.45) is 0 Å². The van der Waals surface area contributed by atoms with Crippen LogP contribution in [0.2, 0.25) is 0 Å². The fraction of sp³-hybridized carbons (Fsp3) is 0.368. The smallest absolute Gasteiger partial charge is 0.262 e. The maximum absolute atomic E-state index is 12.9. The third-order valence-electron chi connectivity index (χ3n) is 5.54. The predicted octanol–water partition coefficient (Wildman–Crippen LogP) is 0.238. The molecule has 1 aromatic carbocycles. The van der Waals surface area contributed by atoms with E-state index in [1.54, 1.807) is 18.2 Å². The molecule has 5 rings (SSSR count). The normalized spacial score (nSPS) is 21.5. The van der Waals surface area contributed by atoms with Gasteiger partial charge in [0.2, 0.25) is 16.9 Å². The van der Waals surface area contributed by atoms with Crippen molar-refractivity contribution in [3.8, 4) is 0 Å². The van der Waals surface area contributed by atoms with E-state index in [9.17, 15) is 19.2 Å². The number of hydrogen-bond acceptors (Lipinski definition) is 9. The van der Waals surface area contributed by atoms with Crippen LogP contribution in [0.5, 0.6) is 0 Å². The molecule has 30 heavy (non-hydrogen) atoms. The average molecular weight is 426 g/mol. The second-order valence-corrected chi connectivity index (χ2v) is 8.25. The van der Waals surface area contributed by atoms with E-state index in [1.165, 1.54) is 11.5 Å². The summed E-state index contributed by atoms with van der Waals surface area (Å²) >= 11 is 1.29. The highest BCUT2D eigenvalue weighted by Crippen LogP contribution is 2.29. The Bertz CT molecular complexity index is 1080. The zero-order valence-corrected chi connectivity index (χ0v) is 16.6. The van der Waals surface area contributed by atoms with Crippen molar-refractivity contribution in [3.63, 3.8) is 0 Å². The molecule has 0 spiro atoms. The maximum atomic E-state index is 12.9. The molecule has 154 valence electrons. The van der Waals surface area contributed by atoms with Crippen molar-refractivity contribution in [1.29, 1.82) is 0 Å². The number of carbonyl (C=O) groups excluding carboxylic acids is 4. The molecule has 2 fully saturated rings. The summed E-state index contributed by atoms with van der Waals surface area (Å²) in [6.07, 6.45) is 0.236. The van der Waals surface area contributed by atoms with Crippen LogP contribution in [0.15, 0.2) is 18.2 Å². The Kier molecular flexibility index (Phi) is 4.55. The van der Waals surface area contributed by atoms with Crippen LogP contribution in [0.1, 0.15) is 50.9 Å². The molecular formula is C19H18N6O4S. The van der Waals surface area contributed by atoms with Crippen LogP contribution in [0, 0.1) is 0 Å². The number of nitrogens with zero attached hydrogens (tertiary/aromatic N) is 3. The zero-order valence-electron chi connectivity index (χ0n) is 15.8. The summed E-state index contributed by atoms with van der Waals surface area (Å²) in [6.45, 7) is 2.20. The fourth-order valence-corrected chi connectivity index (χ4v) is 4.39. The summed E-state index contributed by atoms with van der Waals surface area (Å²) in [5, 5.41) is 9.28. The van der Waals surface area contributed by atoms with Crippen LogP contribution in [0.25, 0.3) is 0 Å². The van der Waals surface area contributed by atoms with Gasteiger partial charge in [-0.1, -0.05) is 6.07 Å². The Balaban J connectivity index is 1.30. The van der Waals surface area contributed by atoms with Gasteiger partial charge < -0.3 is 10.6 Å². The van der Waals surface area contributed by atoms with Gasteiger partial charge in [-0.05, 0) is 24.1 Å². The van der Waals surface area contributed by atoms with Crippen LogP contribution < -0.4 is 16.0 Å². The quantitative estimate of drug-likeness (QED) is 0.579. The molecule has 3 N–H and O–H groups in total. The monoisotopic (exact) mass is 426 g/mol. The van der Waals surface area contributed by atoms with Crippen molar-refractivity contribution in [1.82, 2.24) is 24.9 Å². The van der Waals surface area contributed by atoms with E-state index >= 15 is 0 Å². The highest BCUT2D eigenvalue weighted by Gasteiger charge is 2.44. The van der Waals surface area contributed by atoms with Gasteiger partial charge in [0, 0.05) is 43.5 Å². The lowest BCUT2D eigenvalue weighted by Crippen LogP contribution is -2.54. The standard InChI is InChI=1S/C19H18N6O4S/c26-14-4-3-13(16(27)22-14)25-17(28)11-2-1-9(5-12(11)18(25)29)6-21-19-23-15(24-30-19)10-7-20-8-10/h1-2,5,10,13,20H,3-4,6-8H2,(H,21,23,24)(H,22,26,27). The van der Waals surface area contributed by atoms with Gasteiger partial charge in [-0.2, -0.15) is 4.37 Å². The van der Waals surface area contributed by atoms with Crippen LogP contribution in [-0.4, -0.2) is 57.0 Å². The number of amides is 4. The number of imide groups is 2. The Labute approximate surface area is 175 Å². The highest BCUT2D eigenvalue weighted by atomic mass is 32.1. The molecule has 1 atom stereocenters. The van der Waals surface area contributed by atoms with Crippen LogP contribution in [0.4, 0.5) is 5.13 Å². The first kappa shape index (κ1) is 18.8. The lowest BCUT2D eigenvalue weighted by Gasteiger charge is -2.27. The second-order valence-electron chi connectivity index (χ2n) is 7.49. The number of aromatic nitrogens is 2. The molecule has 3 aliphatic rings. The minimum atomic E-state index is -0.961. The number of fused-ring (bicyclic) bond motifs is 1. The first-order chi connectivity index (χ1) is 14.5. The molecule has 4 heterocycles. The van der Waals surface area contributed by atoms with Crippen molar-refractivity contribution in [2.45, 2.75) is 31.3 Å². The van der Waals surface area contributed by atoms with Gasteiger partial charge >= 0.3 is 0 Å². The van der Waals surface area contributed by atoms with Gasteiger partial charge in [0.25, 0.3) is 11.8 Å². The lowest BCUT2D eigenvalue weighted by molar-refractivity contribution is -0.136. The molecule has 0 radical (unpaired) electrons. The maximum Gasteiger partial charge on any atom is 0.262 e. The van der Waals surface area contributed by atoms with Gasteiger partial charge in [0.05, 0.1) is 11.1 Å². The van der Waals surface area contributed by atoms with E-state index in [2.05, 4.69) is 25.3 Å². The Morgan fingerprint density at radius 2 is 1.93 bits per heavy atom. The number of benzene rings is 1. The summed E-state index contributed by atoms with van der Waals surface area (Å²) in [5.74, 6) is -0.838. The SMILES string of the molecule is O=C1CCC(N2C(=O)c3ccc(CNc4nc(C5CNC5)ns4)cc3C2=O)C(=O)N1. The molecule has 1 aromatic heterocycles. The molecule has 0 aliphatic carbocycles. The van der Waals surface area contributed by atoms with Gasteiger partial charge in [0.1, 0.15) is 11.9 Å². The molecule has 2 saturated heterocycles. The fourth-order valence-electron chi connectivity index (χ4n) is 3.75. The van der Waals surface area contributed by atoms with Gasteiger partial charge in [-0.25, -0.2) is 4.98 Å². The third kappa shape index (κ3) is 3.15. The third-order valence-corrected chi connectivity index (χ3v) is 6.22. The molecule has 3 aliphatic heterocycles. The first-order valence-corrected chi connectivity index (χ1v) is 10.4. The molecule has 2 aromatic rings. The number of rotatable bonds is 5. The van der Waals surface area contributed by atoms with E-state index in [4.69, 9.17) is 0 Å². The molecule has 10 nitrogen and oxygen atoms in total. The van der Waals surface area contributed by atoms with E-state index in [-0.39, 0.29) is 24.0 Å². The first-order valence-electron chi connectivity index (χ1n) is 9.64. The Morgan fingerprint density at radius 3 is 2.67 bits per heavy atom. The summed E-state index contributed by atoms with van der Waals surface area (Å²) < 4.78 is 4.37. The summed E-state index contributed by atoms with van der Waals surface area (Å²) in [6, 6.07) is 4.07. The Morgan fingerprint density at radius 1 is 1.13 bits per heavy atom. The number of piperidine rings is 1. The van der Waals surface area contributed by atoms with E-state index in [0.29, 0.717) is 17.6 Å². The number of hydrogen-bond donors (Lipinski definition) is 3. The van der Waals surface area contributed by atoms with Gasteiger partial charge in [0.15, 0.2) is 0 Å². The van der Waals surface area contributed by atoms with E-state index in [0.717, 1.165) is 29.4 Å². The average Bonchev–Trinajstić information content (AvgIpc) is 3.23. The van der Waals surface area contributed by atoms with Crippen LogP contribution in [-0.2, 0) is 16.1 Å². The number of anilines is 1. The molecule has 0 saturated carbocycles. The van der Waals surface area contributed by atoms with Crippen LogP contribution in [0.3, 0.4) is 0 Å². The molecule has 1 unspecified atom stereocenters. The van der Waals surface area contributed by atoms with Crippen LogP contribution >= 0.6 is 11.5 Å². The van der Waals surface area contributed by atoms with Crippen molar-refractivity contribution >= 4 is 40.3 Å². The minimum Gasteiger partial charge on any atom is -0.356 e. The van der Waals surface area contributed by atoms with Crippen molar-refractivity contribution in [2.75, 3.05) is 18.4 Å².